The van der Waals surface area contributed by atoms with Crippen LogP contribution in [0.15, 0.2) is 53.4 Å². The molecular weight excluding hydrogens is 344 g/mol. The summed E-state index contributed by atoms with van der Waals surface area (Å²) < 4.78 is 29.6. The molecule has 0 spiro atoms. The van der Waals surface area contributed by atoms with Crippen LogP contribution in [0.4, 0.5) is 0 Å². The molecule has 0 fully saturated rings. The Kier molecular flexibility index (Phi) is 3.67. The van der Waals surface area contributed by atoms with Gasteiger partial charge in [-0.05, 0) is 29.8 Å². The van der Waals surface area contributed by atoms with Gasteiger partial charge in [0.15, 0.2) is 0 Å². The highest BCUT2D eigenvalue weighted by atomic mass is 35.5. The Morgan fingerprint density at radius 3 is 2.67 bits per heavy atom. The van der Waals surface area contributed by atoms with Crippen molar-refractivity contribution >= 4 is 32.5 Å². The predicted octanol–water partition coefficient (Wildman–Crippen LogP) is 3.58. The van der Waals surface area contributed by atoms with Gasteiger partial charge in [0, 0.05) is 48.2 Å². The molecule has 124 valence electrons. The van der Waals surface area contributed by atoms with Crippen LogP contribution >= 0.6 is 11.6 Å². The molecule has 24 heavy (non-hydrogen) atoms. The van der Waals surface area contributed by atoms with E-state index in [1.807, 2.05) is 19.2 Å². The van der Waals surface area contributed by atoms with E-state index in [1.54, 1.807) is 22.5 Å². The standard InChI is InChI=1S/C18H17ClN2O2S/c1-20-17-8-3-2-7-15(17)16-12-21(10-9-18(16)20)24(22,23)14-6-4-5-13(19)11-14/h2-8,11H,9-10,12H2,1H3. The number of fused-ring (bicyclic) bond motifs is 3. The topological polar surface area (TPSA) is 42.3 Å². The summed E-state index contributed by atoms with van der Waals surface area (Å²) in [6.07, 6.45) is 0.709. The molecule has 0 aliphatic carbocycles. The number of hydrogen-bond acceptors (Lipinski definition) is 2. The number of halogens is 1. The summed E-state index contributed by atoms with van der Waals surface area (Å²) in [4.78, 5) is 0.249. The van der Waals surface area contributed by atoms with Crippen molar-refractivity contribution in [2.45, 2.75) is 17.9 Å². The summed E-state index contributed by atoms with van der Waals surface area (Å²) in [6, 6.07) is 14.6. The van der Waals surface area contributed by atoms with Crippen molar-refractivity contribution in [3.8, 4) is 0 Å². The largest absolute Gasteiger partial charge is 0.347 e. The zero-order chi connectivity index (χ0) is 16.9. The molecule has 0 atom stereocenters. The van der Waals surface area contributed by atoms with Crippen molar-refractivity contribution in [2.24, 2.45) is 7.05 Å². The number of aromatic nitrogens is 1. The highest BCUT2D eigenvalue weighted by Crippen LogP contribution is 2.32. The quantitative estimate of drug-likeness (QED) is 0.701. The first-order chi connectivity index (χ1) is 11.5. The van der Waals surface area contributed by atoms with Gasteiger partial charge in [0.2, 0.25) is 10.0 Å². The van der Waals surface area contributed by atoms with Crippen LogP contribution in [0.5, 0.6) is 0 Å². The molecule has 6 heteroatoms. The van der Waals surface area contributed by atoms with Crippen molar-refractivity contribution in [1.29, 1.82) is 0 Å². The second-order valence-corrected chi connectivity index (χ2v) is 8.42. The fourth-order valence-electron chi connectivity index (χ4n) is 3.49. The highest BCUT2D eigenvalue weighted by Gasteiger charge is 2.31. The molecule has 1 aliphatic rings. The molecule has 3 aromatic rings. The number of rotatable bonds is 2. The second kappa shape index (κ2) is 5.62. The minimum Gasteiger partial charge on any atom is -0.347 e. The maximum atomic E-state index is 13.0. The van der Waals surface area contributed by atoms with Gasteiger partial charge in [0.05, 0.1) is 4.90 Å². The fourth-order valence-corrected chi connectivity index (χ4v) is 5.20. The molecule has 4 nitrogen and oxygen atoms in total. The Morgan fingerprint density at radius 2 is 1.88 bits per heavy atom. The van der Waals surface area contributed by atoms with Gasteiger partial charge in [0.25, 0.3) is 0 Å². The minimum atomic E-state index is -3.55. The lowest BCUT2D eigenvalue weighted by molar-refractivity contribution is 0.388. The van der Waals surface area contributed by atoms with E-state index in [1.165, 1.54) is 11.8 Å². The molecule has 2 heterocycles. The van der Waals surface area contributed by atoms with Crippen LogP contribution in [-0.2, 0) is 30.0 Å². The van der Waals surface area contributed by atoms with Crippen molar-refractivity contribution in [3.63, 3.8) is 0 Å². The maximum Gasteiger partial charge on any atom is 0.243 e. The number of sulfonamides is 1. The average molecular weight is 361 g/mol. The summed E-state index contributed by atoms with van der Waals surface area (Å²) in [5.74, 6) is 0. The molecule has 0 N–H and O–H groups in total. The van der Waals surface area contributed by atoms with Crippen molar-refractivity contribution in [2.75, 3.05) is 6.54 Å². The highest BCUT2D eigenvalue weighted by molar-refractivity contribution is 7.89. The Hall–Kier alpha value is -1.82. The maximum absolute atomic E-state index is 13.0. The lowest BCUT2D eigenvalue weighted by atomic mass is 10.1. The van der Waals surface area contributed by atoms with Crippen LogP contribution in [0, 0.1) is 0 Å². The second-order valence-electron chi connectivity index (χ2n) is 6.05. The lowest BCUT2D eigenvalue weighted by Gasteiger charge is -2.27. The van der Waals surface area contributed by atoms with Crippen LogP contribution in [0.2, 0.25) is 5.02 Å². The van der Waals surface area contributed by atoms with E-state index in [-0.39, 0.29) is 4.90 Å². The summed E-state index contributed by atoms with van der Waals surface area (Å²) >= 11 is 5.97. The Balaban J connectivity index is 1.78. The smallest absolute Gasteiger partial charge is 0.243 e. The third kappa shape index (κ3) is 2.35. The summed E-state index contributed by atoms with van der Waals surface area (Å²) in [7, 11) is -1.50. The zero-order valence-corrected chi connectivity index (χ0v) is 14.8. The summed E-state index contributed by atoms with van der Waals surface area (Å²) in [6.45, 7) is 0.873. The number of aryl methyl sites for hydroxylation is 1. The van der Waals surface area contributed by atoms with Gasteiger partial charge < -0.3 is 4.57 Å². The molecule has 1 aliphatic heterocycles. The average Bonchev–Trinajstić information content (AvgIpc) is 2.88. The Labute approximate surface area is 146 Å². The van der Waals surface area contributed by atoms with Crippen LogP contribution < -0.4 is 0 Å². The molecule has 2 aromatic carbocycles. The third-order valence-electron chi connectivity index (χ3n) is 4.71. The lowest BCUT2D eigenvalue weighted by Crippen LogP contribution is -2.36. The van der Waals surface area contributed by atoms with Gasteiger partial charge >= 0.3 is 0 Å². The van der Waals surface area contributed by atoms with Crippen LogP contribution in [-0.4, -0.2) is 23.8 Å². The normalized spacial score (nSPS) is 15.6. The number of nitrogens with zero attached hydrogens (tertiary/aromatic N) is 2. The van der Waals surface area contributed by atoms with E-state index in [4.69, 9.17) is 11.6 Å². The zero-order valence-electron chi connectivity index (χ0n) is 13.2. The molecule has 0 saturated carbocycles. The summed E-state index contributed by atoms with van der Waals surface area (Å²) in [5.41, 5.74) is 3.46. The van der Waals surface area contributed by atoms with Crippen molar-refractivity contribution < 1.29 is 8.42 Å². The minimum absolute atomic E-state index is 0.249. The van der Waals surface area contributed by atoms with Gasteiger partial charge in [-0.15, -0.1) is 0 Å². The molecule has 0 radical (unpaired) electrons. The molecule has 0 unspecified atom stereocenters. The molecule has 0 amide bonds. The van der Waals surface area contributed by atoms with Gasteiger partial charge in [0.1, 0.15) is 0 Å². The van der Waals surface area contributed by atoms with E-state index < -0.39 is 10.0 Å². The first-order valence-corrected chi connectivity index (χ1v) is 9.61. The molecule has 4 rings (SSSR count). The molecule has 1 aromatic heterocycles. The SMILES string of the molecule is Cn1c2c(c3ccccc31)CN(S(=O)(=O)c1cccc(Cl)c1)CC2. The number of hydrogen-bond donors (Lipinski definition) is 0. The monoisotopic (exact) mass is 360 g/mol. The Morgan fingerprint density at radius 1 is 1.08 bits per heavy atom. The van der Waals surface area contributed by atoms with E-state index in [0.29, 0.717) is 24.5 Å². The third-order valence-corrected chi connectivity index (χ3v) is 6.79. The van der Waals surface area contributed by atoms with Crippen LogP contribution in [0.3, 0.4) is 0 Å². The Bertz CT molecular complexity index is 1040. The number of benzene rings is 2. The molecule has 0 bridgehead atoms. The van der Waals surface area contributed by atoms with E-state index in [0.717, 1.165) is 16.5 Å². The van der Waals surface area contributed by atoms with Crippen LogP contribution in [0.1, 0.15) is 11.3 Å². The van der Waals surface area contributed by atoms with Gasteiger partial charge in [-0.3, -0.25) is 0 Å². The van der Waals surface area contributed by atoms with Gasteiger partial charge in [-0.1, -0.05) is 35.9 Å². The van der Waals surface area contributed by atoms with Gasteiger partial charge in [-0.25, -0.2) is 8.42 Å². The van der Waals surface area contributed by atoms with E-state index in [2.05, 4.69) is 16.7 Å². The molecule has 0 saturated heterocycles. The van der Waals surface area contributed by atoms with E-state index in [9.17, 15) is 8.42 Å². The first kappa shape index (κ1) is 15.7. The van der Waals surface area contributed by atoms with Crippen molar-refractivity contribution in [3.05, 3.63) is 64.8 Å². The van der Waals surface area contributed by atoms with E-state index >= 15 is 0 Å². The fraction of sp³-hybridized carbons (Fsp3) is 0.222. The van der Waals surface area contributed by atoms with Gasteiger partial charge in [-0.2, -0.15) is 4.31 Å². The summed E-state index contributed by atoms with van der Waals surface area (Å²) in [5, 5.41) is 1.56. The first-order valence-electron chi connectivity index (χ1n) is 7.79. The predicted molar refractivity (Wildman–Crippen MR) is 95.7 cm³/mol. The number of para-hydroxylation sites is 1. The molecular formula is C18H17ClN2O2S. The van der Waals surface area contributed by atoms with Crippen LogP contribution in [0.25, 0.3) is 10.9 Å². The van der Waals surface area contributed by atoms with Crippen molar-refractivity contribution in [1.82, 2.24) is 8.87 Å².